The van der Waals surface area contributed by atoms with Crippen LogP contribution >= 0.6 is 0 Å². The predicted octanol–water partition coefficient (Wildman–Crippen LogP) is 1.16. The molecule has 16 heavy (non-hydrogen) atoms. The zero-order chi connectivity index (χ0) is 11.7. The normalized spacial score (nSPS) is 15.2. The second-order valence-corrected chi connectivity index (χ2v) is 4.37. The van der Waals surface area contributed by atoms with E-state index in [2.05, 4.69) is 9.88 Å². The van der Waals surface area contributed by atoms with Crippen LogP contribution in [-0.4, -0.2) is 28.7 Å². The Labute approximate surface area is 95.3 Å². The van der Waals surface area contributed by atoms with E-state index in [1.165, 1.54) is 12.8 Å². The van der Waals surface area contributed by atoms with Crippen molar-refractivity contribution in [3.63, 3.8) is 0 Å². The minimum absolute atomic E-state index is 0.0207. The number of amides is 1. The molecule has 1 aliphatic carbocycles. The molecule has 0 aliphatic heterocycles. The molecule has 0 atom stereocenters. The highest BCUT2D eigenvalue weighted by Gasteiger charge is 2.28. The van der Waals surface area contributed by atoms with E-state index < -0.39 is 0 Å². The van der Waals surface area contributed by atoms with E-state index >= 15 is 0 Å². The summed E-state index contributed by atoms with van der Waals surface area (Å²) in [5.74, 6) is -0.0888. The Kier molecular flexibility index (Phi) is 3.01. The van der Waals surface area contributed by atoms with E-state index in [4.69, 9.17) is 5.11 Å². The molecule has 4 heteroatoms. The average molecular weight is 222 g/mol. The zero-order valence-electron chi connectivity index (χ0n) is 9.79. The van der Waals surface area contributed by atoms with Crippen LogP contribution in [0.1, 0.15) is 40.6 Å². The molecule has 0 bridgehead atoms. The topological polar surface area (TPSA) is 54.3 Å². The van der Waals surface area contributed by atoms with Gasteiger partial charge in [0.2, 0.25) is 0 Å². The fourth-order valence-electron chi connectivity index (χ4n) is 2.17. The van der Waals surface area contributed by atoms with E-state index in [0.717, 1.165) is 17.0 Å². The minimum atomic E-state index is -0.0888. The number of nitrogens with one attached hydrogen (secondary N) is 1. The van der Waals surface area contributed by atoms with Crippen molar-refractivity contribution >= 4 is 5.91 Å². The SMILES string of the molecule is Cc1cc(C(=O)NCCO)c(C)n1C1CC1. The molecular weight excluding hydrogens is 204 g/mol. The molecule has 0 spiro atoms. The van der Waals surface area contributed by atoms with Crippen LogP contribution in [-0.2, 0) is 0 Å². The van der Waals surface area contributed by atoms with Crippen LogP contribution in [0.3, 0.4) is 0 Å². The summed E-state index contributed by atoms with van der Waals surface area (Å²) in [7, 11) is 0. The summed E-state index contributed by atoms with van der Waals surface area (Å²) in [5, 5.41) is 11.4. The number of hydrogen-bond donors (Lipinski definition) is 2. The second kappa shape index (κ2) is 4.29. The van der Waals surface area contributed by atoms with Crippen molar-refractivity contribution < 1.29 is 9.90 Å². The first-order valence-corrected chi connectivity index (χ1v) is 5.72. The number of nitrogens with zero attached hydrogens (tertiary/aromatic N) is 1. The third-order valence-electron chi connectivity index (χ3n) is 3.04. The fourth-order valence-corrected chi connectivity index (χ4v) is 2.17. The smallest absolute Gasteiger partial charge is 0.253 e. The Morgan fingerprint density at radius 3 is 2.81 bits per heavy atom. The fraction of sp³-hybridized carbons (Fsp3) is 0.583. The van der Waals surface area contributed by atoms with E-state index in [9.17, 15) is 4.79 Å². The van der Waals surface area contributed by atoms with Crippen LogP contribution in [0.25, 0.3) is 0 Å². The van der Waals surface area contributed by atoms with Crippen LogP contribution in [0.15, 0.2) is 6.07 Å². The number of hydrogen-bond acceptors (Lipinski definition) is 2. The van der Waals surface area contributed by atoms with E-state index in [1.54, 1.807) is 0 Å². The van der Waals surface area contributed by atoms with Gasteiger partial charge in [-0.3, -0.25) is 4.79 Å². The van der Waals surface area contributed by atoms with Crippen molar-refractivity contribution in [1.82, 2.24) is 9.88 Å². The molecule has 88 valence electrons. The molecule has 0 aromatic carbocycles. The molecule has 1 aromatic rings. The number of aliphatic hydroxyl groups is 1. The van der Waals surface area contributed by atoms with Gasteiger partial charge >= 0.3 is 0 Å². The molecule has 4 nitrogen and oxygen atoms in total. The maximum Gasteiger partial charge on any atom is 0.253 e. The highest BCUT2D eigenvalue weighted by atomic mass is 16.3. The Balaban J connectivity index is 2.21. The number of aliphatic hydroxyl groups excluding tert-OH is 1. The van der Waals surface area contributed by atoms with Crippen LogP contribution in [0, 0.1) is 13.8 Å². The Morgan fingerprint density at radius 2 is 2.25 bits per heavy atom. The number of aromatic nitrogens is 1. The van der Waals surface area contributed by atoms with Crippen molar-refractivity contribution in [2.24, 2.45) is 0 Å². The Morgan fingerprint density at radius 1 is 1.56 bits per heavy atom. The summed E-state index contributed by atoms with van der Waals surface area (Å²) < 4.78 is 2.24. The van der Waals surface area contributed by atoms with Gasteiger partial charge in [-0.2, -0.15) is 0 Å². The molecule has 0 saturated heterocycles. The molecule has 1 aliphatic rings. The van der Waals surface area contributed by atoms with Gasteiger partial charge in [0.25, 0.3) is 5.91 Å². The minimum Gasteiger partial charge on any atom is -0.395 e. The van der Waals surface area contributed by atoms with Gasteiger partial charge in [0.1, 0.15) is 0 Å². The molecule has 1 amide bonds. The summed E-state index contributed by atoms with van der Waals surface area (Å²) in [5.41, 5.74) is 2.92. The van der Waals surface area contributed by atoms with Gasteiger partial charge in [0.05, 0.1) is 12.2 Å². The first kappa shape index (κ1) is 11.2. The molecular formula is C12H18N2O2. The quantitative estimate of drug-likeness (QED) is 0.803. The molecule has 2 N–H and O–H groups in total. The molecule has 0 radical (unpaired) electrons. The van der Waals surface area contributed by atoms with Gasteiger partial charge in [-0.25, -0.2) is 0 Å². The monoisotopic (exact) mass is 222 g/mol. The van der Waals surface area contributed by atoms with Crippen molar-refractivity contribution in [2.75, 3.05) is 13.2 Å². The standard InChI is InChI=1S/C12H18N2O2/c1-8-7-11(12(16)13-5-6-15)9(2)14(8)10-3-4-10/h7,10,15H,3-6H2,1-2H3,(H,13,16). The van der Waals surface area contributed by atoms with Gasteiger partial charge < -0.3 is 15.0 Å². The first-order valence-electron chi connectivity index (χ1n) is 5.72. The van der Waals surface area contributed by atoms with Gasteiger partial charge in [0, 0.05) is 24.0 Å². The summed E-state index contributed by atoms with van der Waals surface area (Å²) in [6, 6.07) is 2.53. The van der Waals surface area contributed by atoms with Crippen molar-refractivity contribution in [3.05, 3.63) is 23.0 Å². The van der Waals surface area contributed by atoms with Gasteiger partial charge in [0.15, 0.2) is 0 Å². The molecule has 1 fully saturated rings. The summed E-state index contributed by atoms with van der Waals surface area (Å²) in [6.45, 7) is 4.31. The molecule has 1 saturated carbocycles. The largest absolute Gasteiger partial charge is 0.395 e. The zero-order valence-corrected chi connectivity index (χ0v) is 9.79. The lowest BCUT2D eigenvalue weighted by Crippen LogP contribution is -2.26. The lowest BCUT2D eigenvalue weighted by molar-refractivity contribution is 0.0944. The Bertz CT molecular complexity index is 405. The van der Waals surface area contributed by atoms with Crippen LogP contribution in [0.2, 0.25) is 0 Å². The van der Waals surface area contributed by atoms with E-state index in [1.807, 2.05) is 19.9 Å². The number of carbonyl (C=O) groups is 1. The van der Waals surface area contributed by atoms with Gasteiger partial charge in [-0.15, -0.1) is 0 Å². The maximum absolute atomic E-state index is 11.8. The average Bonchev–Trinajstić information content (AvgIpc) is 3.03. The number of carbonyl (C=O) groups excluding carboxylic acids is 1. The highest BCUT2D eigenvalue weighted by molar-refractivity contribution is 5.95. The molecule has 0 unspecified atom stereocenters. The van der Waals surface area contributed by atoms with Crippen molar-refractivity contribution in [3.8, 4) is 0 Å². The molecule has 1 heterocycles. The summed E-state index contributed by atoms with van der Waals surface area (Å²) >= 11 is 0. The second-order valence-electron chi connectivity index (χ2n) is 4.37. The number of aryl methyl sites for hydroxylation is 1. The highest BCUT2D eigenvalue weighted by Crippen LogP contribution is 2.38. The first-order chi connectivity index (χ1) is 7.65. The molecule has 2 rings (SSSR count). The summed E-state index contributed by atoms with van der Waals surface area (Å²) in [6.07, 6.45) is 2.43. The lowest BCUT2D eigenvalue weighted by atomic mass is 10.2. The maximum atomic E-state index is 11.8. The van der Waals surface area contributed by atoms with E-state index in [-0.39, 0.29) is 12.5 Å². The van der Waals surface area contributed by atoms with Gasteiger partial charge in [-0.05, 0) is 32.8 Å². The third-order valence-corrected chi connectivity index (χ3v) is 3.04. The predicted molar refractivity (Wildman–Crippen MR) is 61.6 cm³/mol. The van der Waals surface area contributed by atoms with Crippen molar-refractivity contribution in [2.45, 2.75) is 32.7 Å². The van der Waals surface area contributed by atoms with Gasteiger partial charge in [-0.1, -0.05) is 0 Å². The Hall–Kier alpha value is -1.29. The van der Waals surface area contributed by atoms with Crippen LogP contribution in [0.4, 0.5) is 0 Å². The number of rotatable bonds is 4. The summed E-state index contributed by atoms with van der Waals surface area (Å²) in [4.78, 5) is 11.8. The van der Waals surface area contributed by atoms with Crippen LogP contribution in [0.5, 0.6) is 0 Å². The van der Waals surface area contributed by atoms with Crippen LogP contribution < -0.4 is 5.32 Å². The van der Waals surface area contributed by atoms with Crippen molar-refractivity contribution in [1.29, 1.82) is 0 Å². The van der Waals surface area contributed by atoms with E-state index in [0.29, 0.717) is 12.6 Å². The molecule has 1 aromatic heterocycles. The lowest BCUT2D eigenvalue weighted by Gasteiger charge is -2.07. The third kappa shape index (κ3) is 1.97.